The summed E-state index contributed by atoms with van der Waals surface area (Å²) in [5.41, 5.74) is 1.05. The first-order valence-corrected chi connectivity index (χ1v) is 8.07. The van der Waals surface area contributed by atoms with Crippen LogP contribution in [0.4, 0.5) is 5.69 Å². The van der Waals surface area contributed by atoms with Gasteiger partial charge in [-0.25, -0.2) is 0 Å². The van der Waals surface area contributed by atoms with Gasteiger partial charge in [-0.05, 0) is 65.4 Å². The zero-order chi connectivity index (χ0) is 15.1. The van der Waals surface area contributed by atoms with Gasteiger partial charge in [-0.1, -0.05) is 0 Å². The van der Waals surface area contributed by atoms with Crippen LogP contribution in [-0.2, 0) is 0 Å². The summed E-state index contributed by atoms with van der Waals surface area (Å²) in [7, 11) is 2.20. The number of likely N-dealkylation sites (tertiary alicyclic amines) is 1. The van der Waals surface area contributed by atoms with Crippen LogP contribution in [0.25, 0.3) is 0 Å². The van der Waals surface area contributed by atoms with Crippen LogP contribution in [0.5, 0.6) is 11.5 Å². The second-order valence-corrected chi connectivity index (χ2v) is 5.60. The highest BCUT2D eigenvalue weighted by atomic mass is 16.5. The molecule has 1 aliphatic heterocycles. The fourth-order valence-electron chi connectivity index (χ4n) is 2.76. The van der Waals surface area contributed by atoms with Crippen molar-refractivity contribution in [2.24, 2.45) is 0 Å². The number of nitrogens with zero attached hydrogens (tertiary/aromatic N) is 1. The molecule has 1 heterocycles. The van der Waals surface area contributed by atoms with Gasteiger partial charge in [0.25, 0.3) is 0 Å². The molecule has 118 valence electrons. The van der Waals surface area contributed by atoms with Crippen LogP contribution in [0.3, 0.4) is 0 Å². The minimum Gasteiger partial charge on any atom is -0.494 e. The Bertz CT molecular complexity index is 437. The average molecular weight is 292 g/mol. The topological polar surface area (TPSA) is 33.7 Å². The molecule has 1 unspecified atom stereocenters. The van der Waals surface area contributed by atoms with Crippen molar-refractivity contribution in [1.82, 2.24) is 4.90 Å². The molecule has 1 aromatic rings. The molecular weight excluding hydrogens is 264 g/mol. The third-order valence-corrected chi connectivity index (χ3v) is 3.87. The van der Waals surface area contributed by atoms with Crippen LogP contribution in [0, 0.1) is 0 Å². The first-order valence-electron chi connectivity index (χ1n) is 8.07. The lowest BCUT2D eigenvalue weighted by atomic mass is 10.1. The van der Waals surface area contributed by atoms with Gasteiger partial charge in [0, 0.05) is 12.1 Å². The summed E-state index contributed by atoms with van der Waals surface area (Å²) in [6, 6.07) is 6.54. The molecule has 2 rings (SSSR count). The molecule has 1 aromatic carbocycles. The maximum Gasteiger partial charge on any atom is 0.142 e. The Morgan fingerprint density at radius 2 is 1.95 bits per heavy atom. The highest BCUT2D eigenvalue weighted by Gasteiger charge is 2.16. The molecule has 0 radical (unpaired) electrons. The van der Waals surface area contributed by atoms with Gasteiger partial charge in [-0.2, -0.15) is 0 Å². The lowest BCUT2D eigenvalue weighted by molar-refractivity contribution is 0.331. The molecule has 4 heteroatoms. The molecule has 1 N–H and O–H groups in total. The zero-order valence-corrected chi connectivity index (χ0v) is 13.5. The van der Waals surface area contributed by atoms with E-state index in [2.05, 4.69) is 23.3 Å². The Kier molecular flexibility index (Phi) is 6.18. The molecule has 0 bridgehead atoms. The van der Waals surface area contributed by atoms with Gasteiger partial charge in [0.05, 0.1) is 18.9 Å². The standard InChI is InChI=1S/C17H28N2O2/c1-4-20-15-8-9-17(21-5-2)16(13-15)18-14-7-6-11-19(3)12-10-14/h8-9,13-14,18H,4-7,10-12H2,1-3H3. The van der Waals surface area contributed by atoms with Crippen molar-refractivity contribution in [2.45, 2.75) is 39.2 Å². The number of ether oxygens (including phenoxy) is 2. The summed E-state index contributed by atoms with van der Waals surface area (Å²) >= 11 is 0. The molecule has 0 amide bonds. The molecule has 0 aromatic heterocycles. The molecule has 21 heavy (non-hydrogen) atoms. The highest BCUT2D eigenvalue weighted by Crippen LogP contribution is 2.31. The van der Waals surface area contributed by atoms with Gasteiger partial charge in [0.15, 0.2) is 0 Å². The van der Waals surface area contributed by atoms with Crippen LogP contribution >= 0.6 is 0 Å². The van der Waals surface area contributed by atoms with Crippen LogP contribution in [-0.4, -0.2) is 44.3 Å². The summed E-state index contributed by atoms with van der Waals surface area (Å²) in [5, 5.41) is 3.66. The molecule has 0 aliphatic carbocycles. The minimum absolute atomic E-state index is 0.506. The molecule has 1 fully saturated rings. The van der Waals surface area contributed by atoms with Crippen molar-refractivity contribution in [3.63, 3.8) is 0 Å². The first kappa shape index (κ1) is 16.0. The molecule has 0 spiro atoms. The number of anilines is 1. The van der Waals surface area contributed by atoms with Gasteiger partial charge in [0.1, 0.15) is 11.5 Å². The maximum absolute atomic E-state index is 5.74. The lowest BCUT2D eigenvalue weighted by Gasteiger charge is -2.21. The Morgan fingerprint density at radius 3 is 2.71 bits per heavy atom. The van der Waals surface area contributed by atoms with Gasteiger partial charge in [-0.3, -0.25) is 0 Å². The number of benzene rings is 1. The predicted octanol–water partition coefficient (Wildman–Crippen LogP) is 3.38. The summed E-state index contributed by atoms with van der Waals surface area (Å²) in [4.78, 5) is 2.40. The summed E-state index contributed by atoms with van der Waals surface area (Å²) < 4.78 is 11.3. The second-order valence-electron chi connectivity index (χ2n) is 5.60. The van der Waals surface area contributed by atoms with E-state index in [-0.39, 0.29) is 0 Å². The van der Waals surface area contributed by atoms with E-state index in [0.717, 1.165) is 23.7 Å². The smallest absolute Gasteiger partial charge is 0.142 e. The maximum atomic E-state index is 5.74. The summed E-state index contributed by atoms with van der Waals surface area (Å²) in [6.45, 7) is 7.71. The fourth-order valence-corrected chi connectivity index (χ4v) is 2.76. The molecule has 4 nitrogen and oxygen atoms in total. The highest BCUT2D eigenvalue weighted by molar-refractivity contribution is 5.60. The van der Waals surface area contributed by atoms with Gasteiger partial charge >= 0.3 is 0 Å². The van der Waals surface area contributed by atoms with Gasteiger partial charge in [0.2, 0.25) is 0 Å². The molecule has 1 aliphatic rings. The van der Waals surface area contributed by atoms with E-state index in [1.165, 1.54) is 25.8 Å². The van der Waals surface area contributed by atoms with E-state index >= 15 is 0 Å². The van der Waals surface area contributed by atoms with Crippen molar-refractivity contribution >= 4 is 5.69 Å². The number of nitrogens with one attached hydrogen (secondary N) is 1. The van der Waals surface area contributed by atoms with E-state index < -0.39 is 0 Å². The van der Waals surface area contributed by atoms with E-state index in [1.54, 1.807) is 0 Å². The van der Waals surface area contributed by atoms with E-state index in [4.69, 9.17) is 9.47 Å². The third kappa shape index (κ3) is 4.81. The first-order chi connectivity index (χ1) is 10.2. The number of hydrogen-bond donors (Lipinski definition) is 1. The molecule has 0 saturated carbocycles. The van der Waals surface area contributed by atoms with Crippen LogP contribution < -0.4 is 14.8 Å². The van der Waals surface area contributed by atoms with Crippen LogP contribution in [0.1, 0.15) is 33.1 Å². The van der Waals surface area contributed by atoms with Crippen molar-refractivity contribution in [3.05, 3.63) is 18.2 Å². The Hall–Kier alpha value is -1.42. The molecule has 1 atom stereocenters. The SMILES string of the molecule is CCOc1ccc(OCC)c(NC2CCCN(C)CC2)c1. The monoisotopic (exact) mass is 292 g/mol. The predicted molar refractivity (Wildman–Crippen MR) is 87.5 cm³/mol. The normalized spacial score (nSPS) is 19.9. The van der Waals surface area contributed by atoms with Crippen molar-refractivity contribution in [1.29, 1.82) is 0 Å². The van der Waals surface area contributed by atoms with E-state index in [1.807, 2.05) is 26.0 Å². The fraction of sp³-hybridized carbons (Fsp3) is 0.647. The average Bonchev–Trinajstić information content (AvgIpc) is 2.67. The number of hydrogen-bond acceptors (Lipinski definition) is 4. The summed E-state index contributed by atoms with van der Waals surface area (Å²) in [5.74, 6) is 1.81. The lowest BCUT2D eigenvalue weighted by Crippen LogP contribution is -2.23. The largest absolute Gasteiger partial charge is 0.494 e. The van der Waals surface area contributed by atoms with Gasteiger partial charge in [-0.15, -0.1) is 0 Å². The number of rotatable bonds is 6. The third-order valence-electron chi connectivity index (χ3n) is 3.87. The van der Waals surface area contributed by atoms with Crippen molar-refractivity contribution < 1.29 is 9.47 Å². The van der Waals surface area contributed by atoms with Gasteiger partial charge < -0.3 is 19.7 Å². The van der Waals surface area contributed by atoms with E-state index in [0.29, 0.717) is 19.3 Å². The minimum atomic E-state index is 0.506. The quantitative estimate of drug-likeness (QED) is 0.871. The van der Waals surface area contributed by atoms with E-state index in [9.17, 15) is 0 Å². The molecule has 1 saturated heterocycles. The van der Waals surface area contributed by atoms with Crippen LogP contribution in [0.15, 0.2) is 18.2 Å². The van der Waals surface area contributed by atoms with Crippen molar-refractivity contribution in [2.75, 3.05) is 38.7 Å². The molecular formula is C17H28N2O2. The Morgan fingerprint density at radius 1 is 1.14 bits per heavy atom. The van der Waals surface area contributed by atoms with Crippen molar-refractivity contribution in [3.8, 4) is 11.5 Å². The Labute approximate surface area is 128 Å². The Balaban J connectivity index is 2.09. The van der Waals surface area contributed by atoms with Crippen LogP contribution in [0.2, 0.25) is 0 Å². The second kappa shape index (κ2) is 8.13. The zero-order valence-electron chi connectivity index (χ0n) is 13.5. The summed E-state index contributed by atoms with van der Waals surface area (Å²) in [6.07, 6.45) is 3.61.